The maximum atomic E-state index is 5.44. The maximum absolute atomic E-state index is 5.44. The Balaban J connectivity index is 1.90. The van der Waals surface area contributed by atoms with E-state index in [1.807, 2.05) is 0 Å². The molecule has 0 amide bonds. The van der Waals surface area contributed by atoms with Gasteiger partial charge < -0.3 is 9.73 Å². The van der Waals surface area contributed by atoms with Crippen molar-refractivity contribution in [3.8, 4) is 0 Å². The van der Waals surface area contributed by atoms with Gasteiger partial charge in [0, 0.05) is 13.0 Å². The summed E-state index contributed by atoms with van der Waals surface area (Å²) in [7, 11) is 0. The molecule has 1 aromatic carbocycles. The third kappa shape index (κ3) is 3.31. The number of hydrogen-bond acceptors (Lipinski definition) is 4. The SMILES string of the molecule is CCCc1nnc(NCc2ccc(C)cc2)o1. The van der Waals surface area contributed by atoms with Gasteiger partial charge in [0.15, 0.2) is 0 Å². The monoisotopic (exact) mass is 231 g/mol. The lowest BCUT2D eigenvalue weighted by Crippen LogP contribution is -1.99. The summed E-state index contributed by atoms with van der Waals surface area (Å²) in [5.74, 6) is 0.693. The van der Waals surface area contributed by atoms with E-state index in [9.17, 15) is 0 Å². The number of nitrogens with one attached hydrogen (secondary N) is 1. The first kappa shape index (κ1) is 11.6. The molecule has 4 heteroatoms. The van der Waals surface area contributed by atoms with Crippen LogP contribution in [0.5, 0.6) is 0 Å². The van der Waals surface area contributed by atoms with Gasteiger partial charge in [-0.2, -0.15) is 0 Å². The van der Waals surface area contributed by atoms with Gasteiger partial charge in [0.05, 0.1) is 0 Å². The van der Waals surface area contributed by atoms with Crippen LogP contribution in [-0.4, -0.2) is 10.2 Å². The van der Waals surface area contributed by atoms with Gasteiger partial charge in [0.2, 0.25) is 5.89 Å². The molecule has 0 aliphatic carbocycles. The van der Waals surface area contributed by atoms with Gasteiger partial charge in [-0.25, -0.2) is 0 Å². The number of nitrogens with zero attached hydrogens (tertiary/aromatic N) is 2. The molecule has 2 rings (SSSR count). The molecule has 2 aromatic rings. The fourth-order valence-electron chi connectivity index (χ4n) is 1.52. The third-order valence-corrected chi connectivity index (χ3v) is 2.50. The molecule has 0 saturated heterocycles. The van der Waals surface area contributed by atoms with Gasteiger partial charge in [-0.05, 0) is 18.9 Å². The lowest BCUT2D eigenvalue weighted by molar-refractivity contribution is 0.501. The van der Waals surface area contributed by atoms with Gasteiger partial charge in [-0.15, -0.1) is 5.10 Å². The van der Waals surface area contributed by atoms with Crippen LogP contribution in [0.2, 0.25) is 0 Å². The molecule has 1 N–H and O–H groups in total. The number of benzene rings is 1. The quantitative estimate of drug-likeness (QED) is 0.859. The summed E-state index contributed by atoms with van der Waals surface area (Å²) >= 11 is 0. The van der Waals surface area contributed by atoms with Gasteiger partial charge in [0.1, 0.15) is 0 Å². The topological polar surface area (TPSA) is 51.0 Å². The number of hydrogen-bond donors (Lipinski definition) is 1. The van der Waals surface area contributed by atoms with Crippen molar-refractivity contribution in [1.82, 2.24) is 10.2 Å². The Morgan fingerprint density at radius 1 is 1.18 bits per heavy atom. The van der Waals surface area contributed by atoms with Crippen molar-refractivity contribution in [2.45, 2.75) is 33.2 Å². The van der Waals surface area contributed by atoms with Crippen LogP contribution >= 0.6 is 0 Å². The average Bonchev–Trinajstić information content (AvgIpc) is 2.77. The summed E-state index contributed by atoms with van der Waals surface area (Å²) in [4.78, 5) is 0. The van der Waals surface area contributed by atoms with Crippen LogP contribution in [0.25, 0.3) is 0 Å². The first-order chi connectivity index (χ1) is 8.28. The van der Waals surface area contributed by atoms with Gasteiger partial charge in [-0.1, -0.05) is 41.9 Å². The number of aromatic nitrogens is 2. The Morgan fingerprint density at radius 3 is 2.65 bits per heavy atom. The van der Waals surface area contributed by atoms with Crippen molar-refractivity contribution >= 4 is 6.01 Å². The molecule has 0 saturated carbocycles. The van der Waals surface area contributed by atoms with Crippen LogP contribution in [0.4, 0.5) is 6.01 Å². The Labute approximate surface area is 101 Å². The molecular weight excluding hydrogens is 214 g/mol. The zero-order chi connectivity index (χ0) is 12.1. The number of anilines is 1. The van der Waals surface area contributed by atoms with Crippen LogP contribution in [0, 0.1) is 6.92 Å². The van der Waals surface area contributed by atoms with E-state index in [0.717, 1.165) is 12.8 Å². The van der Waals surface area contributed by atoms with Crippen molar-refractivity contribution in [3.63, 3.8) is 0 Å². The second-order valence-corrected chi connectivity index (χ2v) is 4.09. The van der Waals surface area contributed by atoms with E-state index in [1.165, 1.54) is 11.1 Å². The van der Waals surface area contributed by atoms with Gasteiger partial charge >= 0.3 is 6.01 Å². The van der Waals surface area contributed by atoms with E-state index >= 15 is 0 Å². The smallest absolute Gasteiger partial charge is 0.315 e. The van der Waals surface area contributed by atoms with Crippen molar-refractivity contribution < 1.29 is 4.42 Å². The van der Waals surface area contributed by atoms with Crippen molar-refractivity contribution in [1.29, 1.82) is 0 Å². The van der Waals surface area contributed by atoms with E-state index in [1.54, 1.807) is 0 Å². The van der Waals surface area contributed by atoms with E-state index in [-0.39, 0.29) is 0 Å². The summed E-state index contributed by atoms with van der Waals surface area (Å²) in [6, 6.07) is 8.85. The molecule has 1 heterocycles. The summed E-state index contributed by atoms with van der Waals surface area (Å²) in [5, 5.41) is 11.0. The van der Waals surface area contributed by atoms with E-state index in [2.05, 4.69) is 53.6 Å². The lowest BCUT2D eigenvalue weighted by atomic mass is 10.1. The molecule has 0 unspecified atom stereocenters. The van der Waals surface area contributed by atoms with Crippen LogP contribution < -0.4 is 5.32 Å². The van der Waals surface area contributed by atoms with Crippen molar-refractivity contribution in [2.24, 2.45) is 0 Å². The van der Waals surface area contributed by atoms with Crippen LogP contribution in [0.3, 0.4) is 0 Å². The Bertz CT molecular complexity index is 462. The number of aryl methyl sites for hydroxylation is 2. The molecule has 90 valence electrons. The van der Waals surface area contributed by atoms with E-state index in [4.69, 9.17) is 4.42 Å². The second kappa shape index (κ2) is 5.48. The predicted octanol–water partition coefficient (Wildman–Crippen LogP) is 2.94. The normalized spacial score (nSPS) is 10.5. The minimum absolute atomic E-state index is 0.494. The highest BCUT2D eigenvalue weighted by atomic mass is 16.4. The predicted molar refractivity (Wildman–Crippen MR) is 66.8 cm³/mol. The molecule has 0 aliphatic rings. The fraction of sp³-hybridized carbons (Fsp3) is 0.385. The average molecular weight is 231 g/mol. The first-order valence-corrected chi connectivity index (χ1v) is 5.89. The fourth-order valence-corrected chi connectivity index (χ4v) is 1.52. The molecule has 0 atom stereocenters. The molecule has 1 aromatic heterocycles. The van der Waals surface area contributed by atoms with Crippen LogP contribution in [-0.2, 0) is 13.0 Å². The van der Waals surface area contributed by atoms with Gasteiger partial charge in [-0.3, -0.25) is 0 Å². The Hall–Kier alpha value is -1.84. The van der Waals surface area contributed by atoms with E-state index < -0.39 is 0 Å². The molecule has 0 bridgehead atoms. The Kier molecular flexibility index (Phi) is 3.75. The molecule has 17 heavy (non-hydrogen) atoms. The highest BCUT2D eigenvalue weighted by molar-refractivity contribution is 5.26. The molecule has 4 nitrogen and oxygen atoms in total. The second-order valence-electron chi connectivity index (χ2n) is 4.09. The molecule has 0 aliphatic heterocycles. The van der Waals surface area contributed by atoms with E-state index in [0.29, 0.717) is 18.5 Å². The zero-order valence-corrected chi connectivity index (χ0v) is 10.2. The van der Waals surface area contributed by atoms with Gasteiger partial charge in [0.25, 0.3) is 0 Å². The highest BCUT2D eigenvalue weighted by Crippen LogP contribution is 2.10. The number of rotatable bonds is 5. The van der Waals surface area contributed by atoms with Crippen molar-refractivity contribution in [3.05, 3.63) is 41.3 Å². The standard InChI is InChI=1S/C13H17N3O/c1-3-4-12-15-16-13(17-12)14-9-11-7-5-10(2)6-8-11/h5-8H,3-4,9H2,1-2H3,(H,14,16). The zero-order valence-electron chi connectivity index (χ0n) is 10.2. The highest BCUT2D eigenvalue weighted by Gasteiger charge is 2.04. The minimum Gasteiger partial charge on any atom is -0.408 e. The summed E-state index contributed by atoms with van der Waals surface area (Å²) in [6.07, 6.45) is 1.85. The van der Waals surface area contributed by atoms with Crippen LogP contribution in [0.15, 0.2) is 28.7 Å². The Morgan fingerprint density at radius 2 is 1.94 bits per heavy atom. The third-order valence-electron chi connectivity index (χ3n) is 2.50. The van der Waals surface area contributed by atoms with Crippen LogP contribution in [0.1, 0.15) is 30.4 Å². The summed E-state index contributed by atoms with van der Waals surface area (Å²) in [6.45, 7) is 4.86. The molecule has 0 radical (unpaired) electrons. The first-order valence-electron chi connectivity index (χ1n) is 5.89. The summed E-state index contributed by atoms with van der Waals surface area (Å²) < 4.78 is 5.44. The molecule has 0 fully saturated rings. The summed E-state index contributed by atoms with van der Waals surface area (Å²) in [5.41, 5.74) is 2.46. The lowest BCUT2D eigenvalue weighted by Gasteiger charge is -2.01. The minimum atomic E-state index is 0.494. The maximum Gasteiger partial charge on any atom is 0.315 e. The van der Waals surface area contributed by atoms with Crippen molar-refractivity contribution in [2.75, 3.05) is 5.32 Å². The molecule has 0 spiro atoms. The largest absolute Gasteiger partial charge is 0.408 e. The molecular formula is C13H17N3O.